The molecular formula is C23H24FN3O3. The Morgan fingerprint density at radius 1 is 1.27 bits per heavy atom. The lowest BCUT2D eigenvalue weighted by atomic mass is 10.1. The Bertz CT molecular complexity index is 1050. The van der Waals surface area contributed by atoms with Gasteiger partial charge >= 0.3 is 0 Å². The summed E-state index contributed by atoms with van der Waals surface area (Å²) in [5, 5.41) is 4.06. The van der Waals surface area contributed by atoms with E-state index >= 15 is 0 Å². The van der Waals surface area contributed by atoms with Crippen LogP contribution in [0.4, 0.5) is 4.39 Å². The monoisotopic (exact) mass is 409 g/mol. The van der Waals surface area contributed by atoms with Crippen molar-refractivity contribution < 1.29 is 18.4 Å². The van der Waals surface area contributed by atoms with Crippen molar-refractivity contribution in [1.82, 2.24) is 15.0 Å². The SMILES string of the molecule is CCc1onc(C)c1-c1cccc([C@H]2CN(C(=O)Cc3cccc(F)c3)CCO2)n1. The molecule has 1 amide bonds. The number of carbonyl (C=O) groups is 1. The molecule has 2 aromatic heterocycles. The van der Waals surface area contributed by atoms with E-state index in [0.717, 1.165) is 34.8 Å². The van der Waals surface area contributed by atoms with Crippen LogP contribution in [0.1, 0.15) is 35.7 Å². The average molecular weight is 409 g/mol. The van der Waals surface area contributed by atoms with Crippen LogP contribution < -0.4 is 0 Å². The van der Waals surface area contributed by atoms with Gasteiger partial charge in [0.1, 0.15) is 17.7 Å². The Morgan fingerprint density at radius 3 is 2.90 bits per heavy atom. The van der Waals surface area contributed by atoms with E-state index in [9.17, 15) is 9.18 Å². The van der Waals surface area contributed by atoms with Crippen molar-refractivity contribution in [2.45, 2.75) is 32.8 Å². The minimum absolute atomic E-state index is 0.0480. The Balaban J connectivity index is 1.51. The molecule has 1 aliphatic heterocycles. The van der Waals surface area contributed by atoms with Gasteiger partial charge in [0, 0.05) is 13.0 Å². The van der Waals surface area contributed by atoms with E-state index in [4.69, 9.17) is 14.2 Å². The number of aryl methyl sites for hydroxylation is 2. The molecule has 1 aromatic carbocycles. The molecule has 0 bridgehead atoms. The first-order valence-electron chi connectivity index (χ1n) is 10.1. The number of pyridine rings is 1. The van der Waals surface area contributed by atoms with Gasteiger partial charge in [-0.3, -0.25) is 4.79 Å². The molecule has 0 unspecified atom stereocenters. The third-order valence-corrected chi connectivity index (χ3v) is 5.27. The van der Waals surface area contributed by atoms with E-state index in [0.29, 0.717) is 25.3 Å². The summed E-state index contributed by atoms with van der Waals surface area (Å²) in [4.78, 5) is 19.3. The van der Waals surface area contributed by atoms with Crippen LogP contribution in [0.2, 0.25) is 0 Å². The van der Waals surface area contributed by atoms with Gasteiger partial charge in [0.15, 0.2) is 0 Å². The van der Waals surface area contributed by atoms with Gasteiger partial charge in [-0.25, -0.2) is 9.37 Å². The predicted molar refractivity (Wildman–Crippen MR) is 109 cm³/mol. The van der Waals surface area contributed by atoms with E-state index in [2.05, 4.69) is 5.16 Å². The van der Waals surface area contributed by atoms with Gasteiger partial charge in [0.25, 0.3) is 0 Å². The highest BCUT2D eigenvalue weighted by Gasteiger charge is 2.27. The second-order valence-electron chi connectivity index (χ2n) is 7.37. The molecule has 30 heavy (non-hydrogen) atoms. The second-order valence-corrected chi connectivity index (χ2v) is 7.37. The number of carbonyl (C=O) groups excluding carboxylic acids is 1. The molecule has 0 spiro atoms. The summed E-state index contributed by atoms with van der Waals surface area (Å²) < 4.78 is 24.7. The minimum Gasteiger partial charge on any atom is -0.368 e. The van der Waals surface area contributed by atoms with Crippen molar-refractivity contribution in [1.29, 1.82) is 0 Å². The maximum atomic E-state index is 13.4. The smallest absolute Gasteiger partial charge is 0.227 e. The van der Waals surface area contributed by atoms with Crippen molar-refractivity contribution in [3.05, 3.63) is 71.0 Å². The Hall–Kier alpha value is -3.06. The molecule has 1 atom stereocenters. The number of morpholine rings is 1. The first kappa shape index (κ1) is 20.2. The fourth-order valence-corrected chi connectivity index (χ4v) is 3.74. The molecule has 0 N–H and O–H groups in total. The predicted octanol–water partition coefficient (Wildman–Crippen LogP) is 3.89. The number of ether oxygens (including phenoxy) is 1. The van der Waals surface area contributed by atoms with Gasteiger partial charge in [0.05, 0.1) is 42.2 Å². The van der Waals surface area contributed by atoms with Crippen LogP contribution in [0, 0.1) is 12.7 Å². The largest absolute Gasteiger partial charge is 0.368 e. The molecule has 6 nitrogen and oxygen atoms in total. The van der Waals surface area contributed by atoms with Crippen LogP contribution in [0.3, 0.4) is 0 Å². The number of rotatable bonds is 5. The Kier molecular flexibility index (Phi) is 5.90. The van der Waals surface area contributed by atoms with Crippen molar-refractivity contribution >= 4 is 5.91 Å². The van der Waals surface area contributed by atoms with Gasteiger partial charge < -0.3 is 14.2 Å². The molecule has 1 saturated heterocycles. The first-order chi connectivity index (χ1) is 14.5. The summed E-state index contributed by atoms with van der Waals surface area (Å²) in [7, 11) is 0. The summed E-state index contributed by atoms with van der Waals surface area (Å²) in [6.07, 6.45) is 0.572. The molecule has 4 rings (SSSR count). The minimum atomic E-state index is -0.336. The summed E-state index contributed by atoms with van der Waals surface area (Å²) in [6, 6.07) is 11.9. The van der Waals surface area contributed by atoms with Gasteiger partial charge in [-0.1, -0.05) is 30.3 Å². The molecule has 0 aliphatic carbocycles. The lowest BCUT2D eigenvalue weighted by molar-refractivity contribution is -0.138. The highest BCUT2D eigenvalue weighted by Crippen LogP contribution is 2.29. The number of nitrogens with zero attached hydrogens (tertiary/aromatic N) is 3. The molecule has 3 aromatic rings. The molecule has 7 heteroatoms. The number of hydrogen-bond donors (Lipinski definition) is 0. The molecule has 156 valence electrons. The Labute approximate surface area is 174 Å². The zero-order valence-electron chi connectivity index (χ0n) is 17.1. The van der Waals surface area contributed by atoms with Gasteiger partial charge in [-0.05, 0) is 36.8 Å². The van der Waals surface area contributed by atoms with Crippen LogP contribution in [0.25, 0.3) is 11.3 Å². The maximum Gasteiger partial charge on any atom is 0.227 e. The molecule has 3 heterocycles. The lowest BCUT2D eigenvalue weighted by Gasteiger charge is -2.33. The normalized spacial score (nSPS) is 16.6. The standard InChI is InChI=1S/C23H24FN3O3/c1-3-20-23(15(2)26-30-20)19-9-5-8-18(25-19)21-14-27(10-11-29-21)22(28)13-16-6-4-7-17(24)12-16/h4-9,12,21H,3,10-11,13-14H2,1-2H3/t21-/m1/s1. The van der Waals surface area contributed by atoms with Crippen molar-refractivity contribution in [3.63, 3.8) is 0 Å². The van der Waals surface area contributed by atoms with E-state index in [1.54, 1.807) is 17.0 Å². The molecule has 0 saturated carbocycles. The van der Waals surface area contributed by atoms with Crippen LogP contribution in [0.5, 0.6) is 0 Å². The third kappa shape index (κ3) is 4.26. The second kappa shape index (κ2) is 8.75. The van der Waals surface area contributed by atoms with Crippen LogP contribution in [-0.2, 0) is 22.4 Å². The van der Waals surface area contributed by atoms with Crippen LogP contribution in [-0.4, -0.2) is 40.6 Å². The summed E-state index contributed by atoms with van der Waals surface area (Å²) in [6.45, 7) is 5.26. The highest BCUT2D eigenvalue weighted by atomic mass is 19.1. The third-order valence-electron chi connectivity index (χ3n) is 5.27. The van der Waals surface area contributed by atoms with E-state index in [-0.39, 0.29) is 24.2 Å². The van der Waals surface area contributed by atoms with Gasteiger partial charge in [0.2, 0.25) is 5.91 Å². The van der Waals surface area contributed by atoms with Crippen molar-refractivity contribution in [3.8, 4) is 11.3 Å². The molecule has 1 aliphatic rings. The summed E-state index contributed by atoms with van der Waals surface area (Å²) in [5.74, 6) is 0.415. The number of halogens is 1. The van der Waals surface area contributed by atoms with Crippen molar-refractivity contribution in [2.75, 3.05) is 19.7 Å². The highest BCUT2D eigenvalue weighted by molar-refractivity contribution is 5.79. The fraction of sp³-hybridized carbons (Fsp3) is 0.348. The van der Waals surface area contributed by atoms with Crippen LogP contribution in [0.15, 0.2) is 47.0 Å². The molecule has 0 radical (unpaired) electrons. The van der Waals surface area contributed by atoms with Crippen molar-refractivity contribution in [2.24, 2.45) is 0 Å². The van der Waals surface area contributed by atoms with Crippen LogP contribution >= 0.6 is 0 Å². The maximum absolute atomic E-state index is 13.4. The number of hydrogen-bond acceptors (Lipinski definition) is 5. The number of benzene rings is 1. The lowest BCUT2D eigenvalue weighted by Crippen LogP contribution is -2.43. The first-order valence-corrected chi connectivity index (χ1v) is 10.1. The number of aromatic nitrogens is 2. The molecule has 1 fully saturated rings. The summed E-state index contributed by atoms with van der Waals surface area (Å²) in [5.41, 5.74) is 3.92. The van der Waals surface area contributed by atoms with E-state index in [1.807, 2.05) is 32.0 Å². The van der Waals surface area contributed by atoms with E-state index < -0.39 is 0 Å². The number of amides is 1. The summed E-state index contributed by atoms with van der Waals surface area (Å²) >= 11 is 0. The zero-order chi connectivity index (χ0) is 21.1. The quantitative estimate of drug-likeness (QED) is 0.640. The molecular weight excluding hydrogens is 385 g/mol. The Morgan fingerprint density at radius 2 is 2.10 bits per heavy atom. The topological polar surface area (TPSA) is 68.5 Å². The average Bonchev–Trinajstić information content (AvgIpc) is 3.14. The zero-order valence-corrected chi connectivity index (χ0v) is 17.1. The van der Waals surface area contributed by atoms with E-state index in [1.165, 1.54) is 12.1 Å². The van der Waals surface area contributed by atoms with Gasteiger partial charge in [-0.2, -0.15) is 0 Å². The van der Waals surface area contributed by atoms with Gasteiger partial charge in [-0.15, -0.1) is 0 Å². The fourth-order valence-electron chi connectivity index (χ4n) is 3.74.